The number of rotatable bonds is 9. The van der Waals surface area contributed by atoms with Crippen molar-refractivity contribution < 1.29 is 9.84 Å². The minimum absolute atomic E-state index is 0.130. The van der Waals surface area contributed by atoms with Gasteiger partial charge >= 0.3 is 0 Å². The van der Waals surface area contributed by atoms with E-state index in [2.05, 4.69) is 47.2 Å². The summed E-state index contributed by atoms with van der Waals surface area (Å²) in [6.45, 7) is 4.44. The first-order valence-electron chi connectivity index (χ1n) is 11.0. The van der Waals surface area contributed by atoms with E-state index in [1.54, 1.807) is 36.7 Å². The zero-order chi connectivity index (χ0) is 23.9. The van der Waals surface area contributed by atoms with Gasteiger partial charge in [-0.1, -0.05) is 43.8 Å². The zero-order valence-electron chi connectivity index (χ0n) is 19.0. The standard InChI is InChI=1S/C26H25N5O2S/c1-18(2)23-7-3-4-8-24(23)31-25(20-6-5-13-28-15-20)29-30-26(31)34-17-21(32)16-33-22-11-9-19(14-27)10-12-22/h3-13,15,18,21,32H,16-17H2,1-2H3. The van der Waals surface area contributed by atoms with Crippen LogP contribution in [0.4, 0.5) is 0 Å². The van der Waals surface area contributed by atoms with E-state index in [1.807, 2.05) is 28.8 Å². The number of benzene rings is 2. The molecule has 172 valence electrons. The molecule has 0 bridgehead atoms. The third kappa shape index (κ3) is 5.45. The number of ether oxygens (including phenoxy) is 1. The summed E-state index contributed by atoms with van der Waals surface area (Å²) < 4.78 is 7.70. The molecule has 1 unspecified atom stereocenters. The smallest absolute Gasteiger partial charge is 0.196 e. The summed E-state index contributed by atoms with van der Waals surface area (Å²) in [4.78, 5) is 4.24. The van der Waals surface area contributed by atoms with E-state index in [9.17, 15) is 5.11 Å². The van der Waals surface area contributed by atoms with Crippen LogP contribution in [-0.2, 0) is 0 Å². The molecule has 0 spiro atoms. The first-order valence-corrected chi connectivity index (χ1v) is 11.9. The van der Waals surface area contributed by atoms with E-state index >= 15 is 0 Å². The molecule has 2 aromatic heterocycles. The molecule has 2 aromatic carbocycles. The van der Waals surface area contributed by atoms with Gasteiger partial charge in [-0.15, -0.1) is 10.2 Å². The lowest BCUT2D eigenvalue weighted by Crippen LogP contribution is -2.20. The largest absolute Gasteiger partial charge is 0.491 e. The summed E-state index contributed by atoms with van der Waals surface area (Å²) in [6, 6.07) is 20.9. The van der Waals surface area contributed by atoms with E-state index in [1.165, 1.54) is 17.3 Å². The van der Waals surface area contributed by atoms with Crippen molar-refractivity contribution in [3.05, 3.63) is 84.2 Å². The molecule has 0 aliphatic carbocycles. The number of aliphatic hydroxyl groups excluding tert-OH is 1. The van der Waals surface area contributed by atoms with Crippen molar-refractivity contribution in [3.63, 3.8) is 0 Å². The molecule has 34 heavy (non-hydrogen) atoms. The summed E-state index contributed by atoms with van der Waals surface area (Å²) >= 11 is 1.42. The SMILES string of the molecule is CC(C)c1ccccc1-n1c(SCC(O)COc2ccc(C#N)cc2)nnc1-c1cccnc1. The second kappa shape index (κ2) is 11.0. The highest BCUT2D eigenvalue weighted by Gasteiger charge is 2.20. The molecule has 4 rings (SSSR count). The van der Waals surface area contributed by atoms with Crippen LogP contribution in [0.3, 0.4) is 0 Å². The van der Waals surface area contributed by atoms with Crippen LogP contribution in [0.5, 0.6) is 5.75 Å². The second-order valence-corrected chi connectivity index (χ2v) is 9.00. The van der Waals surface area contributed by atoms with Crippen molar-refractivity contribution in [2.24, 2.45) is 0 Å². The van der Waals surface area contributed by atoms with Crippen LogP contribution in [0.2, 0.25) is 0 Å². The fourth-order valence-electron chi connectivity index (χ4n) is 3.48. The van der Waals surface area contributed by atoms with Crippen LogP contribution in [0, 0.1) is 11.3 Å². The maximum atomic E-state index is 10.5. The predicted molar refractivity (Wildman–Crippen MR) is 132 cm³/mol. The summed E-state index contributed by atoms with van der Waals surface area (Å²) in [5.41, 5.74) is 3.62. The van der Waals surface area contributed by atoms with Crippen molar-refractivity contribution in [2.75, 3.05) is 12.4 Å². The fraction of sp³-hybridized carbons (Fsp3) is 0.231. The fourth-order valence-corrected chi connectivity index (χ4v) is 4.33. The number of aliphatic hydroxyl groups is 1. The van der Waals surface area contributed by atoms with Crippen LogP contribution in [0.25, 0.3) is 17.1 Å². The molecule has 0 saturated carbocycles. The van der Waals surface area contributed by atoms with Gasteiger partial charge in [0.1, 0.15) is 12.4 Å². The van der Waals surface area contributed by atoms with Crippen LogP contribution >= 0.6 is 11.8 Å². The van der Waals surface area contributed by atoms with Gasteiger partial charge in [0.2, 0.25) is 0 Å². The Balaban J connectivity index is 1.55. The molecule has 8 heteroatoms. The monoisotopic (exact) mass is 471 g/mol. The number of nitrogens with zero attached hydrogens (tertiary/aromatic N) is 5. The molecular weight excluding hydrogens is 446 g/mol. The highest BCUT2D eigenvalue weighted by Crippen LogP contribution is 2.32. The normalized spacial score (nSPS) is 11.9. The molecule has 0 fully saturated rings. The van der Waals surface area contributed by atoms with Gasteiger partial charge in [0.15, 0.2) is 11.0 Å². The zero-order valence-corrected chi connectivity index (χ0v) is 19.8. The molecule has 0 amide bonds. The van der Waals surface area contributed by atoms with Gasteiger partial charge in [0.25, 0.3) is 0 Å². The lowest BCUT2D eigenvalue weighted by Gasteiger charge is -2.17. The number of nitriles is 1. The number of hydrogen-bond donors (Lipinski definition) is 1. The Morgan fingerprint density at radius 2 is 1.85 bits per heavy atom. The number of para-hydroxylation sites is 1. The molecule has 7 nitrogen and oxygen atoms in total. The van der Waals surface area contributed by atoms with E-state index in [0.717, 1.165) is 11.3 Å². The number of thioether (sulfide) groups is 1. The van der Waals surface area contributed by atoms with Gasteiger partial charge in [-0.3, -0.25) is 9.55 Å². The van der Waals surface area contributed by atoms with Gasteiger partial charge in [0.05, 0.1) is 23.4 Å². The van der Waals surface area contributed by atoms with E-state index in [-0.39, 0.29) is 6.61 Å². The first kappa shape index (κ1) is 23.5. The van der Waals surface area contributed by atoms with Crippen molar-refractivity contribution >= 4 is 11.8 Å². The van der Waals surface area contributed by atoms with Crippen molar-refractivity contribution in [3.8, 4) is 28.9 Å². The number of hydrogen-bond acceptors (Lipinski definition) is 7. The van der Waals surface area contributed by atoms with E-state index in [4.69, 9.17) is 10.00 Å². The lowest BCUT2D eigenvalue weighted by atomic mass is 10.0. The molecule has 1 N–H and O–H groups in total. The van der Waals surface area contributed by atoms with Crippen LogP contribution in [0.1, 0.15) is 30.9 Å². The first-order chi connectivity index (χ1) is 16.6. The Morgan fingerprint density at radius 1 is 1.06 bits per heavy atom. The third-order valence-electron chi connectivity index (χ3n) is 5.18. The average molecular weight is 472 g/mol. The molecule has 1 atom stereocenters. The van der Waals surface area contributed by atoms with E-state index < -0.39 is 6.10 Å². The van der Waals surface area contributed by atoms with Crippen LogP contribution in [-0.4, -0.2) is 43.3 Å². The van der Waals surface area contributed by atoms with Gasteiger partial charge in [-0.05, 0) is 53.9 Å². The van der Waals surface area contributed by atoms with Gasteiger partial charge in [-0.25, -0.2) is 0 Å². The molecule has 0 radical (unpaired) electrons. The lowest BCUT2D eigenvalue weighted by molar-refractivity contribution is 0.126. The molecular formula is C26H25N5O2S. The average Bonchev–Trinajstić information content (AvgIpc) is 3.30. The summed E-state index contributed by atoms with van der Waals surface area (Å²) in [5.74, 6) is 2.00. The highest BCUT2D eigenvalue weighted by atomic mass is 32.2. The molecule has 2 heterocycles. The van der Waals surface area contributed by atoms with Gasteiger partial charge in [0, 0.05) is 23.7 Å². The quantitative estimate of drug-likeness (QED) is 0.348. The Bertz CT molecular complexity index is 1270. The third-order valence-corrected chi connectivity index (χ3v) is 6.26. The predicted octanol–water partition coefficient (Wildman–Crippen LogP) is 4.86. The topological polar surface area (TPSA) is 96.8 Å². The Labute approximate surface area is 203 Å². The van der Waals surface area contributed by atoms with Crippen molar-refractivity contribution in [1.29, 1.82) is 5.26 Å². The summed E-state index contributed by atoms with van der Waals surface area (Å²) in [6.07, 6.45) is 2.78. The van der Waals surface area contributed by atoms with Gasteiger partial charge < -0.3 is 9.84 Å². The molecule has 0 saturated heterocycles. The minimum Gasteiger partial charge on any atom is -0.491 e. The summed E-state index contributed by atoms with van der Waals surface area (Å²) in [5, 5.41) is 29.0. The Morgan fingerprint density at radius 3 is 2.56 bits per heavy atom. The van der Waals surface area contributed by atoms with Crippen molar-refractivity contribution in [2.45, 2.75) is 31.0 Å². The van der Waals surface area contributed by atoms with Crippen molar-refractivity contribution in [1.82, 2.24) is 19.7 Å². The van der Waals surface area contributed by atoms with Crippen LogP contribution < -0.4 is 4.74 Å². The van der Waals surface area contributed by atoms with E-state index in [0.29, 0.717) is 34.0 Å². The maximum Gasteiger partial charge on any atom is 0.196 e. The minimum atomic E-state index is -0.715. The highest BCUT2D eigenvalue weighted by molar-refractivity contribution is 7.99. The Kier molecular flexibility index (Phi) is 7.58. The second-order valence-electron chi connectivity index (χ2n) is 8.01. The molecule has 0 aliphatic heterocycles. The number of aromatic nitrogens is 4. The molecule has 0 aliphatic rings. The summed E-state index contributed by atoms with van der Waals surface area (Å²) in [7, 11) is 0. The maximum absolute atomic E-state index is 10.5. The number of pyridine rings is 1. The van der Waals surface area contributed by atoms with Gasteiger partial charge in [-0.2, -0.15) is 5.26 Å². The Hall–Kier alpha value is -3.67. The van der Waals surface area contributed by atoms with Crippen LogP contribution in [0.15, 0.2) is 78.2 Å². The molecule has 4 aromatic rings.